The zero-order chi connectivity index (χ0) is 21.6. The van der Waals surface area contributed by atoms with Gasteiger partial charge in [0, 0.05) is 31.1 Å². The van der Waals surface area contributed by atoms with Crippen LogP contribution in [0.15, 0.2) is 30.3 Å². The average Bonchev–Trinajstić information content (AvgIpc) is 2.67. The Bertz CT molecular complexity index is 1070. The van der Waals surface area contributed by atoms with Crippen molar-refractivity contribution >= 4 is 10.1 Å². The molecule has 6 nitrogen and oxygen atoms in total. The van der Waals surface area contributed by atoms with Crippen LogP contribution in [0.2, 0.25) is 0 Å². The van der Waals surface area contributed by atoms with Crippen LogP contribution >= 0.6 is 0 Å². The van der Waals surface area contributed by atoms with E-state index < -0.39 is 10.1 Å². The molecule has 0 unspecified atom stereocenters. The minimum Gasteiger partial charge on any atom is -0.493 e. The minimum atomic E-state index is -3.62. The lowest BCUT2D eigenvalue weighted by Gasteiger charge is -2.46. The molecule has 7 heteroatoms. The maximum absolute atomic E-state index is 11.6. The number of piperidine rings is 1. The van der Waals surface area contributed by atoms with Crippen LogP contribution in [-0.4, -0.2) is 45.8 Å². The van der Waals surface area contributed by atoms with Crippen LogP contribution in [-0.2, 0) is 16.5 Å². The summed E-state index contributed by atoms with van der Waals surface area (Å²) in [6, 6.07) is 10.6. The van der Waals surface area contributed by atoms with Crippen molar-refractivity contribution in [3.05, 3.63) is 58.1 Å². The molecule has 0 aromatic heterocycles. The molecule has 2 N–H and O–H groups in total. The molecule has 2 aromatic carbocycles. The number of methoxy groups -OCH3 is 1. The summed E-state index contributed by atoms with van der Waals surface area (Å²) in [6.07, 6.45) is 2.73. The van der Waals surface area contributed by atoms with Crippen molar-refractivity contribution < 1.29 is 17.3 Å². The van der Waals surface area contributed by atoms with E-state index in [9.17, 15) is 8.42 Å². The van der Waals surface area contributed by atoms with Crippen LogP contribution in [0, 0.1) is 13.8 Å². The summed E-state index contributed by atoms with van der Waals surface area (Å²) in [4.78, 5) is 2.51. The van der Waals surface area contributed by atoms with Gasteiger partial charge >= 0.3 is 10.1 Å². The second kappa shape index (κ2) is 7.87. The van der Waals surface area contributed by atoms with Crippen LogP contribution in [0.1, 0.15) is 46.2 Å². The van der Waals surface area contributed by atoms with Crippen molar-refractivity contribution in [1.82, 2.24) is 4.90 Å². The highest BCUT2D eigenvalue weighted by atomic mass is 32.2. The smallest absolute Gasteiger partial charge is 0.306 e. The monoisotopic (exact) mass is 430 g/mol. The molecule has 0 saturated carbocycles. The van der Waals surface area contributed by atoms with E-state index in [1.807, 2.05) is 12.1 Å². The van der Waals surface area contributed by atoms with E-state index in [0.717, 1.165) is 43.3 Å². The molecule has 2 aliphatic heterocycles. The predicted octanol–water partition coefficient (Wildman–Crippen LogP) is 3.06. The van der Waals surface area contributed by atoms with Gasteiger partial charge in [-0.15, -0.1) is 0 Å². The zero-order valence-corrected chi connectivity index (χ0v) is 18.8. The average molecular weight is 431 g/mol. The second-order valence-electron chi connectivity index (χ2n) is 8.62. The number of hydrogen-bond acceptors (Lipinski definition) is 6. The number of rotatable bonds is 4. The van der Waals surface area contributed by atoms with Gasteiger partial charge in [0.1, 0.15) is 0 Å². The SMILES string of the molecule is COc1cc2c(cc1OS(C)(=O)=O)CCN1C[C@@H](c3cc(C)ccc3C)[C@H](N)C[C@H]21. The summed E-state index contributed by atoms with van der Waals surface area (Å²) in [5.41, 5.74) is 12.9. The van der Waals surface area contributed by atoms with Crippen LogP contribution in [0.5, 0.6) is 11.5 Å². The highest BCUT2D eigenvalue weighted by molar-refractivity contribution is 7.86. The number of fused-ring (bicyclic) bond motifs is 3. The van der Waals surface area contributed by atoms with E-state index in [4.69, 9.17) is 14.7 Å². The molecule has 1 saturated heterocycles. The van der Waals surface area contributed by atoms with E-state index in [-0.39, 0.29) is 17.8 Å². The van der Waals surface area contributed by atoms with Gasteiger partial charge in [-0.2, -0.15) is 8.42 Å². The summed E-state index contributed by atoms with van der Waals surface area (Å²) in [6.45, 7) is 6.11. The first-order chi connectivity index (χ1) is 14.2. The molecule has 0 radical (unpaired) electrons. The van der Waals surface area contributed by atoms with E-state index in [2.05, 4.69) is 36.9 Å². The molecular formula is C23H30N2O4S. The highest BCUT2D eigenvalue weighted by Crippen LogP contribution is 2.44. The topological polar surface area (TPSA) is 81.9 Å². The van der Waals surface area contributed by atoms with E-state index >= 15 is 0 Å². The fourth-order valence-electron chi connectivity index (χ4n) is 4.94. The first-order valence-corrected chi connectivity index (χ1v) is 12.1. The van der Waals surface area contributed by atoms with Crippen molar-refractivity contribution in [2.45, 2.75) is 44.7 Å². The summed E-state index contributed by atoms with van der Waals surface area (Å²) in [7, 11) is -2.10. The molecule has 162 valence electrons. The van der Waals surface area contributed by atoms with Gasteiger partial charge in [0.05, 0.1) is 13.4 Å². The lowest BCUT2D eigenvalue weighted by atomic mass is 9.77. The molecule has 0 spiro atoms. The largest absolute Gasteiger partial charge is 0.493 e. The van der Waals surface area contributed by atoms with Gasteiger partial charge in [0.25, 0.3) is 0 Å². The molecule has 2 aromatic rings. The molecule has 2 aliphatic rings. The molecule has 0 aliphatic carbocycles. The van der Waals surface area contributed by atoms with E-state index in [1.165, 1.54) is 23.8 Å². The normalized spacial score (nSPS) is 24.1. The third kappa shape index (κ3) is 4.06. The quantitative estimate of drug-likeness (QED) is 0.751. The molecule has 3 atom stereocenters. The molecule has 30 heavy (non-hydrogen) atoms. The number of aryl methyl sites for hydroxylation is 2. The molecule has 0 amide bonds. The van der Waals surface area contributed by atoms with E-state index in [0.29, 0.717) is 11.7 Å². The van der Waals surface area contributed by atoms with Crippen LogP contribution < -0.4 is 14.7 Å². The Morgan fingerprint density at radius 2 is 1.87 bits per heavy atom. The van der Waals surface area contributed by atoms with Crippen molar-refractivity contribution in [3.8, 4) is 11.5 Å². The van der Waals surface area contributed by atoms with Crippen molar-refractivity contribution in [2.75, 3.05) is 26.5 Å². The van der Waals surface area contributed by atoms with Crippen LogP contribution in [0.4, 0.5) is 0 Å². The zero-order valence-electron chi connectivity index (χ0n) is 18.0. The Morgan fingerprint density at radius 1 is 1.10 bits per heavy atom. The number of hydrogen-bond donors (Lipinski definition) is 1. The van der Waals surface area contributed by atoms with Crippen LogP contribution in [0.3, 0.4) is 0 Å². The number of nitrogens with two attached hydrogens (primary N) is 1. The second-order valence-corrected chi connectivity index (χ2v) is 10.2. The Labute approximate surface area is 179 Å². The summed E-state index contributed by atoms with van der Waals surface area (Å²) in [5, 5.41) is 0. The van der Waals surface area contributed by atoms with Gasteiger partial charge in [-0.25, -0.2) is 0 Å². The first-order valence-electron chi connectivity index (χ1n) is 10.3. The fourth-order valence-corrected chi connectivity index (χ4v) is 5.40. The van der Waals surface area contributed by atoms with Gasteiger partial charge < -0.3 is 14.7 Å². The van der Waals surface area contributed by atoms with Crippen molar-refractivity contribution in [2.24, 2.45) is 5.73 Å². The predicted molar refractivity (Wildman–Crippen MR) is 118 cm³/mol. The Hall–Kier alpha value is -2.09. The lowest BCUT2D eigenvalue weighted by Crippen LogP contribution is -2.49. The maximum Gasteiger partial charge on any atom is 0.306 e. The third-order valence-electron chi connectivity index (χ3n) is 6.41. The summed E-state index contributed by atoms with van der Waals surface area (Å²) >= 11 is 0. The minimum absolute atomic E-state index is 0.0515. The molecule has 4 rings (SSSR count). The highest BCUT2D eigenvalue weighted by Gasteiger charge is 2.39. The standard InChI is InChI=1S/C23H30N2O4S/c1-14-5-6-15(2)17(9-14)19-13-25-8-7-16-10-23(29-30(4,26)27)22(28-3)11-18(16)21(25)12-20(19)24/h5-6,9-11,19-21H,7-8,12-13,24H2,1-4H3/t19-,20+,21+/m0/s1. The fraction of sp³-hybridized carbons (Fsp3) is 0.478. The third-order valence-corrected chi connectivity index (χ3v) is 6.89. The van der Waals surface area contributed by atoms with Gasteiger partial charge in [-0.05, 0) is 61.1 Å². The van der Waals surface area contributed by atoms with Gasteiger partial charge in [-0.1, -0.05) is 23.8 Å². The molecule has 0 bridgehead atoms. The summed E-state index contributed by atoms with van der Waals surface area (Å²) < 4.78 is 33.9. The Morgan fingerprint density at radius 3 is 2.57 bits per heavy atom. The molecule has 1 fully saturated rings. The molecule has 2 heterocycles. The van der Waals surface area contributed by atoms with Gasteiger partial charge in [0.15, 0.2) is 11.5 Å². The maximum atomic E-state index is 11.6. The molecular weight excluding hydrogens is 400 g/mol. The van der Waals surface area contributed by atoms with Gasteiger partial charge in [-0.3, -0.25) is 4.90 Å². The van der Waals surface area contributed by atoms with E-state index in [1.54, 1.807) is 0 Å². The number of benzene rings is 2. The lowest BCUT2D eigenvalue weighted by molar-refractivity contribution is 0.109. The number of nitrogens with zero attached hydrogens (tertiary/aromatic N) is 1. The Kier molecular flexibility index (Phi) is 5.55. The first kappa shape index (κ1) is 21.2. The Balaban J connectivity index is 1.66. The van der Waals surface area contributed by atoms with Gasteiger partial charge in [0.2, 0.25) is 0 Å². The summed E-state index contributed by atoms with van der Waals surface area (Å²) in [5.74, 6) is 0.990. The number of ether oxygens (including phenoxy) is 1. The van der Waals surface area contributed by atoms with Crippen molar-refractivity contribution in [1.29, 1.82) is 0 Å². The van der Waals surface area contributed by atoms with Crippen LogP contribution in [0.25, 0.3) is 0 Å². The van der Waals surface area contributed by atoms with Crippen molar-refractivity contribution in [3.63, 3.8) is 0 Å².